The molecule has 1 heteroatoms. The van der Waals surface area contributed by atoms with E-state index in [0.29, 0.717) is 6.04 Å². The summed E-state index contributed by atoms with van der Waals surface area (Å²) < 4.78 is 0. The van der Waals surface area contributed by atoms with Crippen LogP contribution in [-0.2, 0) is 0 Å². The summed E-state index contributed by atoms with van der Waals surface area (Å²) in [6, 6.07) is 0.435. The highest BCUT2D eigenvalue weighted by atomic mass is 14.9. The zero-order chi connectivity index (χ0) is 7.82. The first-order chi connectivity index (χ1) is 4.81. The molecule has 0 aromatic rings. The van der Waals surface area contributed by atoms with Gasteiger partial charge in [-0.3, -0.25) is 0 Å². The third-order valence-corrected chi connectivity index (χ3v) is 1.37. The van der Waals surface area contributed by atoms with Crippen LogP contribution >= 0.6 is 0 Å². The Labute approximate surface area is 63.8 Å². The van der Waals surface area contributed by atoms with E-state index < -0.39 is 0 Å². The van der Waals surface area contributed by atoms with Crippen molar-refractivity contribution in [3.8, 4) is 0 Å². The Morgan fingerprint density at radius 1 is 1.60 bits per heavy atom. The average molecular weight is 139 g/mol. The maximum Gasteiger partial charge on any atom is 0.0219 e. The van der Waals surface area contributed by atoms with Crippen LogP contribution in [0.5, 0.6) is 0 Å². The number of nitrogens with one attached hydrogen (secondary N) is 1. The lowest BCUT2D eigenvalue weighted by atomic mass is 10.3. The second-order valence-electron chi connectivity index (χ2n) is 2.34. The number of rotatable bonds is 5. The second kappa shape index (κ2) is 6.56. The lowest BCUT2D eigenvalue weighted by molar-refractivity contribution is 0.639. The molecule has 0 spiro atoms. The summed E-state index contributed by atoms with van der Waals surface area (Å²) in [5, 5.41) is 3.30. The molecular formula is C9H17N. The maximum atomic E-state index is 3.68. The van der Waals surface area contributed by atoms with Gasteiger partial charge in [0.1, 0.15) is 0 Å². The Morgan fingerprint density at radius 2 is 2.30 bits per heavy atom. The molecule has 0 aromatic carbocycles. The van der Waals surface area contributed by atoms with Crippen molar-refractivity contribution in [2.24, 2.45) is 0 Å². The number of hydrogen-bond donors (Lipinski definition) is 1. The van der Waals surface area contributed by atoms with Gasteiger partial charge in [-0.25, -0.2) is 0 Å². The molecule has 0 rings (SSSR count). The first-order valence-electron chi connectivity index (χ1n) is 3.78. The first-order valence-corrected chi connectivity index (χ1v) is 3.78. The van der Waals surface area contributed by atoms with Gasteiger partial charge in [-0.15, -0.1) is 6.58 Å². The van der Waals surface area contributed by atoms with Crippen molar-refractivity contribution in [3.05, 3.63) is 24.8 Å². The smallest absolute Gasteiger partial charge is 0.0219 e. The molecule has 10 heavy (non-hydrogen) atoms. The van der Waals surface area contributed by atoms with Gasteiger partial charge in [0.15, 0.2) is 0 Å². The van der Waals surface area contributed by atoms with Crippen LogP contribution in [0.3, 0.4) is 0 Å². The summed E-state index contributed by atoms with van der Waals surface area (Å²) in [4.78, 5) is 0. The highest BCUT2D eigenvalue weighted by molar-refractivity contribution is 4.83. The van der Waals surface area contributed by atoms with Gasteiger partial charge in [0.05, 0.1) is 0 Å². The Hall–Kier alpha value is -0.560. The monoisotopic (exact) mass is 139 g/mol. The molecule has 0 aliphatic carbocycles. The van der Waals surface area contributed by atoms with Crippen LogP contribution in [0.15, 0.2) is 24.8 Å². The Kier molecular flexibility index (Phi) is 6.19. The minimum absolute atomic E-state index is 0.435. The lowest BCUT2D eigenvalue weighted by Gasteiger charge is -2.05. The SMILES string of the molecule is C=CC(C)NCC/C=C/C. The van der Waals surface area contributed by atoms with Crippen LogP contribution in [0.25, 0.3) is 0 Å². The Morgan fingerprint density at radius 3 is 2.80 bits per heavy atom. The highest BCUT2D eigenvalue weighted by Crippen LogP contribution is 1.84. The topological polar surface area (TPSA) is 12.0 Å². The molecule has 1 unspecified atom stereocenters. The molecule has 1 nitrogen and oxygen atoms in total. The van der Waals surface area contributed by atoms with Crippen LogP contribution in [0.2, 0.25) is 0 Å². The van der Waals surface area contributed by atoms with E-state index in [1.807, 2.05) is 13.0 Å². The molecule has 0 radical (unpaired) electrons. The number of allylic oxidation sites excluding steroid dienone is 1. The molecule has 0 aliphatic heterocycles. The summed E-state index contributed by atoms with van der Waals surface area (Å²) >= 11 is 0. The predicted octanol–water partition coefficient (Wildman–Crippen LogP) is 2.12. The van der Waals surface area contributed by atoms with Gasteiger partial charge in [-0.1, -0.05) is 18.2 Å². The van der Waals surface area contributed by atoms with Crippen molar-refractivity contribution in [2.45, 2.75) is 26.3 Å². The van der Waals surface area contributed by atoms with Crippen LogP contribution in [-0.4, -0.2) is 12.6 Å². The van der Waals surface area contributed by atoms with Gasteiger partial charge in [0, 0.05) is 6.04 Å². The van der Waals surface area contributed by atoms with E-state index in [0.717, 1.165) is 13.0 Å². The standard InChI is InChI=1S/C9H17N/c1-4-6-7-8-10-9(3)5-2/h4-6,9-10H,2,7-8H2,1,3H3/b6-4+. The molecule has 0 heterocycles. The van der Waals surface area contributed by atoms with Crippen LogP contribution < -0.4 is 5.32 Å². The van der Waals surface area contributed by atoms with E-state index in [4.69, 9.17) is 0 Å². The van der Waals surface area contributed by atoms with Gasteiger partial charge in [-0.05, 0) is 26.8 Å². The van der Waals surface area contributed by atoms with E-state index >= 15 is 0 Å². The predicted molar refractivity (Wildman–Crippen MR) is 47.1 cm³/mol. The molecule has 0 amide bonds. The zero-order valence-electron chi connectivity index (χ0n) is 6.93. The summed E-state index contributed by atoms with van der Waals surface area (Å²) in [5.74, 6) is 0. The summed E-state index contributed by atoms with van der Waals surface area (Å²) in [7, 11) is 0. The zero-order valence-corrected chi connectivity index (χ0v) is 6.93. The summed E-state index contributed by atoms with van der Waals surface area (Å²) in [5.41, 5.74) is 0. The van der Waals surface area contributed by atoms with Crippen molar-refractivity contribution in [3.63, 3.8) is 0 Å². The molecule has 0 bridgehead atoms. The molecular weight excluding hydrogens is 122 g/mol. The summed E-state index contributed by atoms with van der Waals surface area (Å²) in [6.07, 6.45) is 7.24. The molecule has 0 saturated carbocycles. The van der Waals surface area contributed by atoms with E-state index in [1.165, 1.54) is 0 Å². The minimum Gasteiger partial charge on any atom is -0.311 e. The first kappa shape index (κ1) is 9.44. The fourth-order valence-corrected chi connectivity index (χ4v) is 0.644. The fraction of sp³-hybridized carbons (Fsp3) is 0.556. The molecule has 0 aliphatic rings. The van der Waals surface area contributed by atoms with Crippen molar-refractivity contribution in [1.82, 2.24) is 5.32 Å². The van der Waals surface area contributed by atoms with E-state index in [1.54, 1.807) is 0 Å². The van der Waals surface area contributed by atoms with Gasteiger partial charge < -0.3 is 5.32 Å². The van der Waals surface area contributed by atoms with Crippen molar-refractivity contribution < 1.29 is 0 Å². The second-order valence-corrected chi connectivity index (χ2v) is 2.34. The van der Waals surface area contributed by atoms with Gasteiger partial charge in [-0.2, -0.15) is 0 Å². The highest BCUT2D eigenvalue weighted by Gasteiger charge is 1.89. The molecule has 0 aromatic heterocycles. The Bertz CT molecular complexity index is 105. The van der Waals surface area contributed by atoms with Gasteiger partial charge in [0.2, 0.25) is 0 Å². The average Bonchev–Trinajstić information content (AvgIpc) is 1.98. The van der Waals surface area contributed by atoms with Gasteiger partial charge >= 0.3 is 0 Å². The van der Waals surface area contributed by atoms with Crippen LogP contribution in [0, 0.1) is 0 Å². The minimum atomic E-state index is 0.435. The third kappa shape index (κ3) is 5.57. The normalized spacial score (nSPS) is 13.8. The molecule has 0 saturated heterocycles. The number of hydrogen-bond acceptors (Lipinski definition) is 1. The Balaban J connectivity index is 3.11. The van der Waals surface area contributed by atoms with Crippen molar-refractivity contribution in [1.29, 1.82) is 0 Å². The van der Waals surface area contributed by atoms with Gasteiger partial charge in [0.25, 0.3) is 0 Å². The summed E-state index contributed by atoms with van der Waals surface area (Å²) in [6.45, 7) is 8.86. The van der Waals surface area contributed by atoms with Crippen LogP contribution in [0.1, 0.15) is 20.3 Å². The van der Waals surface area contributed by atoms with Crippen LogP contribution in [0.4, 0.5) is 0 Å². The van der Waals surface area contributed by atoms with Crippen molar-refractivity contribution >= 4 is 0 Å². The maximum absolute atomic E-state index is 3.68. The third-order valence-electron chi connectivity index (χ3n) is 1.37. The van der Waals surface area contributed by atoms with E-state index in [9.17, 15) is 0 Å². The lowest BCUT2D eigenvalue weighted by Crippen LogP contribution is -2.24. The quantitative estimate of drug-likeness (QED) is 0.454. The van der Waals surface area contributed by atoms with E-state index in [2.05, 4.69) is 31.0 Å². The fourth-order valence-electron chi connectivity index (χ4n) is 0.644. The van der Waals surface area contributed by atoms with Crippen molar-refractivity contribution in [2.75, 3.05) is 6.54 Å². The molecule has 1 N–H and O–H groups in total. The molecule has 58 valence electrons. The van der Waals surface area contributed by atoms with E-state index in [-0.39, 0.29) is 0 Å². The molecule has 1 atom stereocenters. The molecule has 0 fully saturated rings. The largest absolute Gasteiger partial charge is 0.311 e.